The fourth-order valence-electron chi connectivity index (χ4n) is 20.6. The predicted octanol–water partition coefficient (Wildman–Crippen LogP) is 30.5. The van der Waals surface area contributed by atoms with Gasteiger partial charge in [-0.1, -0.05) is 211 Å². The second kappa shape index (κ2) is 25.5. The molecule has 0 spiro atoms. The van der Waals surface area contributed by atoms with E-state index >= 15 is 0 Å². The number of para-hydroxylation sites is 2. The fraction of sp³-hybridized carbons (Fsp3) is 0.202. The molecule has 3 aromatic heterocycles. The topological polar surface area (TPSA) is 55.1 Å². The Morgan fingerprint density at radius 3 is 1.03 bits per heavy atom. The summed E-state index contributed by atoms with van der Waals surface area (Å²) in [5, 5.41) is 2.17. The number of halogens is 1. The lowest BCUT2D eigenvalue weighted by atomic mass is 9.78. The smallest absolute Gasteiger partial charge is 0.227 e. The lowest BCUT2D eigenvalue weighted by molar-refractivity contribution is 0.618. The van der Waals surface area contributed by atoms with Crippen LogP contribution in [0, 0.1) is 19.7 Å². The number of benzene rings is 14. The van der Waals surface area contributed by atoms with Crippen LogP contribution in [0.3, 0.4) is 0 Å². The predicted molar refractivity (Wildman–Crippen MR) is 489 cm³/mol. The third kappa shape index (κ3) is 10.8. The van der Waals surface area contributed by atoms with Gasteiger partial charge >= 0.3 is 0 Å². The summed E-state index contributed by atoms with van der Waals surface area (Å²) in [5.74, 6) is 0.350. The molecule has 0 saturated heterocycles. The number of oxazole rings is 1. The number of nitrogens with zero attached hydrogens (tertiary/aromatic N) is 4. The molecule has 5 nitrogen and oxygen atoms in total. The third-order valence-electron chi connectivity index (χ3n) is 27.3. The zero-order chi connectivity index (χ0) is 80.6. The van der Waals surface area contributed by atoms with E-state index in [0.29, 0.717) is 5.89 Å². The molecule has 0 saturated carbocycles. The van der Waals surface area contributed by atoms with Gasteiger partial charge in [0.05, 0.1) is 20.4 Å². The second-order valence-corrected chi connectivity index (χ2v) is 38.3. The van der Waals surface area contributed by atoms with Crippen molar-refractivity contribution in [1.82, 2.24) is 15.0 Å². The Bertz CT molecular complexity index is 6810. The minimum atomic E-state index is -0.248. The Balaban J connectivity index is 0.000000146. The maximum atomic E-state index is 13.6. The van der Waals surface area contributed by atoms with Gasteiger partial charge in [-0.2, -0.15) is 0 Å². The van der Waals surface area contributed by atoms with Gasteiger partial charge in [0.2, 0.25) is 5.89 Å². The largest absolute Gasteiger partial charge is 0.436 e. The Morgan fingerprint density at radius 1 is 0.274 bits per heavy atom. The van der Waals surface area contributed by atoms with E-state index in [1.807, 2.05) is 32.0 Å². The summed E-state index contributed by atoms with van der Waals surface area (Å²) in [4.78, 5) is 17.4. The average molecular weight is 1560 g/mol. The molecule has 17 aromatic rings. The van der Waals surface area contributed by atoms with Crippen LogP contribution in [0.1, 0.15) is 175 Å². The summed E-state index contributed by atoms with van der Waals surface area (Å²) in [6.45, 7) is 37.0. The summed E-state index contributed by atoms with van der Waals surface area (Å²) >= 11 is 3.56. The van der Waals surface area contributed by atoms with Gasteiger partial charge in [-0.15, -0.1) is 22.7 Å². The molecule has 0 bridgehead atoms. The molecule has 8 heteroatoms. The van der Waals surface area contributed by atoms with Crippen molar-refractivity contribution in [2.24, 2.45) is 0 Å². The maximum Gasteiger partial charge on any atom is 0.227 e. The van der Waals surface area contributed by atoms with Crippen LogP contribution in [0.15, 0.2) is 265 Å². The summed E-state index contributed by atoms with van der Waals surface area (Å²) in [6, 6.07) is 95.3. The van der Waals surface area contributed by atoms with E-state index in [1.54, 1.807) is 34.8 Å². The zero-order valence-electron chi connectivity index (χ0n) is 69.2. The average Bonchev–Trinajstić information content (AvgIpc) is 1.53. The van der Waals surface area contributed by atoms with Gasteiger partial charge in [-0.25, -0.2) is 19.3 Å². The first-order valence-corrected chi connectivity index (χ1v) is 43.0. The first-order chi connectivity index (χ1) is 56.2. The zero-order valence-corrected chi connectivity index (χ0v) is 70.9. The van der Waals surface area contributed by atoms with E-state index in [4.69, 9.17) is 19.4 Å². The van der Waals surface area contributed by atoms with Gasteiger partial charge in [-0.3, -0.25) is 0 Å². The van der Waals surface area contributed by atoms with Gasteiger partial charge in [0, 0.05) is 66.2 Å². The number of rotatable bonds is 7. The highest BCUT2D eigenvalue weighted by Gasteiger charge is 2.48. The van der Waals surface area contributed by atoms with Gasteiger partial charge in [-0.05, 0) is 316 Å². The molecule has 0 aliphatic heterocycles. The van der Waals surface area contributed by atoms with Crippen molar-refractivity contribution < 1.29 is 8.81 Å². The van der Waals surface area contributed by atoms with Crippen molar-refractivity contribution in [3.05, 3.63) is 345 Å². The lowest BCUT2D eigenvalue weighted by Crippen LogP contribution is -2.18. The van der Waals surface area contributed by atoms with E-state index in [-0.39, 0.29) is 38.3 Å². The highest BCUT2D eigenvalue weighted by Crippen LogP contribution is 2.63. The first-order valence-electron chi connectivity index (χ1n) is 41.4. The first kappa shape index (κ1) is 72.7. The molecule has 6 aliphatic rings. The summed E-state index contributed by atoms with van der Waals surface area (Å²) in [7, 11) is 0. The molecule has 14 aromatic carbocycles. The molecule has 0 radical (unpaired) electrons. The Labute approximate surface area is 693 Å². The Morgan fingerprint density at radius 2 is 0.607 bits per heavy atom. The van der Waals surface area contributed by atoms with E-state index < -0.39 is 0 Å². The van der Waals surface area contributed by atoms with Crippen LogP contribution in [-0.4, -0.2) is 15.0 Å². The van der Waals surface area contributed by atoms with Crippen LogP contribution in [0.5, 0.6) is 0 Å². The standard InChI is InChI=1S/C60H49FN2O.C47H36N2S2.C2H6/c1-34-9-19-40(20-10-34)63(41-21-11-35(2)12-22-41)42-23-25-44-46-31-54-48(33-52(46)59(5,6)50(44)29-42)47-32-51-45(30-53(47)60(54,7)8)43-24-15-38(27-49(43)58(51,3)4)57-62-55-28-37(16-26-56(55)64-57)36-13-17-39(61)18-14-36;1-45(2)33-17-15-25(43-48-39-11-7-9-13-41(39)50-43)19-27(33)29-21-37-31(23-35(29)45)32-24-36-30(22-38(32)47(37,5)6)28-20-26(16-18-34(28)46(36,3)4)44-49-40-12-8-10-14-42(40)51-44;1-2/h9-33H,1-8H3;7-24H,1-6H3;1-2H3. The highest BCUT2D eigenvalue weighted by atomic mass is 32.1. The van der Waals surface area contributed by atoms with Crippen LogP contribution < -0.4 is 4.90 Å². The van der Waals surface area contributed by atoms with E-state index in [9.17, 15) is 4.39 Å². The molecular formula is C109H91FN4OS2. The fourth-order valence-corrected chi connectivity index (χ4v) is 22.6. The van der Waals surface area contributed by atoms with E-state index in [2.05, 4.69) is 320 Å². The van der Waals surface area contributed by atoms with Gasteiger partial charge in [0.25, 0.3) is 0 Å². The van der Waals surface area contributed by atoms with E-state index in [1.165, 1.54) is 177 Å². The van der Waals surface area contributed by atoms with Gasteiger partial charge in [0.15, 0.2) is 5.58 Å². The number of fused-ring (bicyclic) bond motifs is 21. The van der Waals surface area contributed by atoms with Gasteiger partial charge < -0.3 is 9.32 Å². The quantitative estimate of drug-likeness (QED) is 0.159. The van der Waals surface area contributed by atoms with Crippen molar-refractivity contribution in [3.8, 4) is 110 Å². The van der Waals surface area contributed by atoms with Crippen LogP contribution in [0.25, 0.3) is 142 Å². The summed E-state index contributed by atoms with van der Waals surface area (Å²) < 4.78 is 22.5. The normalized spacial score (nSPS) is 15.6. The Hall–Kier alpha value is -11.9. The van der Waals surface area contributed by atoms with Crippen LogP contribution in [0.4, 0.5) is 21.5 Å². The minimum absolute atomic E-state index is 0.0953. The molecule has 6 aliphatic carbocycles. The molecule has 23 rings (SSSR count). The summed E-state index contributed by atoms with van der Waals surface area (Å²) in [6.07, 6.45) is 0. The number of aryl methyl sites for hydroxylation is 2. The molecule has 572 valence electrons. The van der Waals surface area contributed by atoms with Crippen molar-refractivity contribution in [2.45, 2.75) is 143 Å². The highest BCUT2D eigenvalue weighted by molar-refractivity contribution is 7.22. The van der Waals surface area contributed by atoms with Gasteiger partial charge in [0.1, 0.15) is 21.3 Å². The summed E-state index contributed by atoms with van der Waals surface area (Å²) in [5.41, 5.74) is 46.7. The maximum absolute atomic E-state index is 13.6. The van der Waals surface area contributed by atoms with Crippen molar-refractivity contribution >= 4 is 71.3 Å². The molecule has 0 fully saturated rings. The van der Waals surface area contributed by atoms with Crippen LogP contribution in [0.2, 0.25) is 0 Å². The number of hydrogen-bond acceptors (Lipinski definition) is 7. The second-order valence-electron chi connectivity index (χ2n) is 36.2. The minimum Gasteiger partial charge on any atom is -0.436 e. The van der Waals surface area contributed by atoms with Crippen molar-refractivity contribution in [2.75, 3.05) is 4.90 Å². The van der Waals surface area contributed by atoms with Crippen LogP contribution in [-0.2, 0) is 32.5 Å². The van der Waals surface area contributed by atoms with E-state index in [0.717, 1.165) is 65.9 Å². The third-order valence-corrected chi connectivity index (χ3v) is 29.4. The number of thiazole rings is 2. The molecule has 0 atom stereocenters. The van der Waals surface area contributed by atoms with Crippen molar-refractivity contribution in [1.29, 1.82) is 0 Å². The molecular weight excluding hydrogens is 1460 g/mol. The number of anilines is 3. The molecule has 117 heavy (non-hydrogen) atoms. The molecule has 0 N–H and O–H groups in total. The Kier molecular flexibility index (Phi) is 15.9. The van der Waals surface area contributed by atoms with Crippen LogP contribution >= 0.6 is 22.7 Å². The molecule has 0 unspecified atom stereocenters. The lowest BCUT2D eigenvalue weighted by Gasteiger charge is -2.28. The molecule has 0 amide bonds. The monoisotopic (exact) mass is 1550 g/mol. The SMILES string of the molecule is CC.CC1(C)c2ccc(-c3nc4ccccc4s3)cc2-c2cc3c(cc21)-c1cc2c(cc1C3(C)C)-c1cc(-c3nc4ccccc4s3)ccc1C2(C)C.Cc1ccc(N(c2ccc(C)cc2)c2ccc3c(c2)C(C)(C)c2cc4c(cc2-3)C(C)(C)c2cc3c(cc2-4)C(C)(C)c2cc(-c4nc5cc(-c6ccc(F)cc6)ccc5o4)ccc2-3)cc1. The number of aromatic nitrogens is 3. The van der Waals surface area contributed by atoms with Crippen molar-refractivity contribution in [3.63, 3.8) is 0 Å². The molecule has 3 heterocycles. The number of hydrogen-bond donors (Lipinski definition) is 0.